The van der Waals surface area contributed by atoms with Gasteiger partial charge >= 0.3 is 0 Å². The van der Waals surface area contributed by atoms with Crippen LogP contribution in [0.3, 0.4) is 0 Å². The van der Waals surface area contributed by atoms with Crippen LogP contribution in [-0.4, -0.2) is 6.67 Å². The maximum atomic E-state index is 4.85. The molecule has 224 valence electrons. The molecule has 4 nitrogen and oxygen atoms in total. The minimum absolute atomic E-state index is 0.446. The van der Waals surface area contributed by atoms with Crippen LogP contribution in [0, 0.1) is 0 Å². The van der Waals surface area contributed by atoms with Crippen molar-refractivity contribution < 1.29 is 0 Å². The molecule has 0 aliphatic carbocycles. The molecular formula is C43H32N4. The van der Waals surface area contributed by atoms with Crippen LogP contribution in [0.25, 0.3) is 22.3 Å². The highest BCUT2D eigenvalue weighted by atomic mass is 15.1. The van der Waals surface area contributed by atoms with E-state index in [4.69, 9.17) is 9.98 Å². The smallest absolute Gasteiger partial charge is 0.130 e. The first kappa shape index (κ1) is 28.2. The molecule has 4 heteroatoms. The fraction of sp³-hybridized carbons (Fsp3) is 0.0233. The molecule has 7 aromatic carbocycles. The molecule has 0 bridgehead atoms. The number of rotatable bonds is 8. The molecule has 0 amide bonds. The Morgan fingerprint density at radius 3 is 0.872 bits per heavy atom. The maximum absolute atomic E-state index is 4.85. The number of nitrogens with zero attached hydrogens (tertiary/aromatic N) is 4. The number of hydrogen-bond acceptors (Lipinski definition) is 4. The third-order valence-electron chi connectivity index (χ3n) is 8.54. The molecule has 1 heterocycles. The summed E-state index contributed by atoms with van der Waals surface area (Å²) in [7, 11) is 0. The van der Waals surface area contributed by atoms with Gasteiger partial charge in [0.15, 0.2) is 0 Å². The number of fused-ring (bicyclic) bond motifs is 1. The van der Waals surface area contributed by atoms with E-state index in [1.165, 1.54) is 0 Å². The normalized spacial score (nSPS) is 11.7. The second-order valence-corrected chi connectivity index (χ2v) is 11.4. The monoisotopic (exact) mass is 604 g/mol. The van der Waals surface area contributed by atoms with E-state index < -0.39 is 0 Å². The summed E-state index contributed by atoms with van der Waals surface area (Å²) in [6.07, 6.45) is 0. The summed E-state index contributed by atoms with van der Waals surface area (Å²) in [6.45, 7) is 0.446. The fourth-order valence-electron chi connectivity index (χ4n) is 6.33. The van der Waals surface area contributed by atoms with Crippen LogP contribution in [0.15, 0.2) is 192 Å². The molecule has 0 unspecified atom stereocenters. The largest absolute Gasteiger partial charge is 0.311 e. The van der Waals surface area contributed by atoms with Crippen molar-refractivity contribution in [1.29, 1.82) is 0 Å². The summed E-state index contributed by atoms with van der Waals surface area (Å²) in [5, 5.41) is 1.91. The molecule has 7 aromatic rings. The molecule has 0 radical (unpaired) electrons. The number of hydrogen-bond donors (Lipinski definition) is 0. The van der Waals surface area contributed by atoms with E-state index >= 15 is 0 Å². The highest BCUT2D eigenvalue weighted by Crippen LogP contribution is 2.36. The van der Waals surface area contributed by atoms with Crippen LogP contribution in [0.5, 0.6) is 0 Å². The summed E-state index contributed by atoms with van der Waals surface area (Å²) < 4.78 is 0. The summed E-state index contributed by atoms with van der Waals surface area (Å²) >= 11 is 0. The minimum atomic E-state index is 0.446. The Morgan fingerprint density at radius 2 is 0.574 bits per heavy atom. The molecule has 1 aliphatic rings. The Labute approximate surface area is 274 Å². The van der Waals surface area contributed by atoms with Crippen LogP contribution >= 0.6 is 0 Å². The predicted octanol–water partition coefficient (Wildman–Crippen LogP) is 10.2. The summed E-state index contributed by atoms with van der Waals surface area (Å²) in [5.74, 6) is 0. The van der Waals surface area contributed by atoms with Gasteiger partial charge in [-0.3, -0.25) is 9.98 Å². The molecule has 0 N–H and O–H groups in total. The standard InChI is InChI=1S/C43H32N4/c1-5-13-34(14-6-1)46(35-15-7-2-8-16-35)38-25-21-32(22-26-38)40-29-30-41(43-42(40)44-31-45-43)33-23-27-39(28-24-33)47(36-17-9-3-10-18-36)37-19-11-4-12-20-37/h1-30H,31H2. The first-order valence-electron chi connectivity index (χ1n) is 15.9. The van der Waals surface area contributed by atoms with Crippen molar-refractivity contribution in [2.75, 3.05) is 16.5 Å². The van der Waals surface area contributed by atoms with E-state index in [0.29, 0.717) is 6.67 Å². The number of benzene rings is 7. The molecule has 47 heavy (non-hydrogen) atoms. The Bertz CT molecular complexity index is 1990. The zero-order valence-corrected chi connectivity index (χ0v) is 25.8. The lowest BCUT2D eigenvalue weighted by Gasteiger charge is -2.25. The van der Waals surface area contributed by atoms with Crippen LogP contribution in [0.1, 0.15) is 0 Å². The minimum Gasteiger partial charge on any atom is -0.311 e. The zero-order chi connectivity index (χ0) is 31.4. The lowest BCUT2D eigenvalue weighted by Crippen LogP contribution is -2.26. The third-order valence-corrected chi connectivity index (χ3v) is 8.54. The highest BCUT2D eigenvalue weighted by Gasteiger charge is 2.16. The van der Waals surface area contributed by atoms with Gasteiger partial charge in [0.2, 0.25) is 0 Å². The van der Waals surface area contributed by atoms with Gasteiger partial charge in [-0.05, 0) is 83.9 Å². The third kappa shape index (κ3) is 5.58. The van der Waals surface area contributed by atoms with Crippen LogP contribution in [-0.2, 0) is 0 Å². The molecule has 0 spiro atoms. The van der Waals surface area contributed by atoms with E-state index in [9.17, 15) is 0 Å². The van der Waals surface area contributed by atoms with Crippen molar-refractivity contribution in [2.24, 2.45) is 9.98 Å². The van der Waals surface area contributed by atoms with Crippen LogP contribution < -0.4 is 20.5 Å². The molecule has 1 aliphatic heterocycles. The SMILES string of the molecule is c1ccc(N(c2ccccc2)c2ccc(-c3ccc(-c4ccc(N(c5ccccc5)c5ccccc5)cc4)c4c3=NCN=4)cc2)cc1. The Balaban J connectivity index is 1.12. The molecular weight excluding hydrogens is 573 g/mol. The van der Waals surface area contributed by atoms with Gasteiger partial charge in [-0.15, -0.1) is 0 Å². The lowest BCUT2D eigenvalue weighted by atomic mass is 9.98. The molecule has 0 fully saturated rings. The van der Waals surface area contributed by atoms with E-state index in [-0.39, 0.29) is 0 Å². The lowest BCUT2D eigenvalue weighted by molar-refractivity contribution is 1.06. The van der Waals surface area contributed by atoms with Crippen molar-refractivity contribution in [2.45, 2.75) is 0 Å². The van der Waals surface area contributed by atoms with Crippen molar-refractivity contribution in [3.63, 3.8) is 0 Å². The van der Waals surface area contributed by atoms with Crippen LogP contribution in [0.2, 0.25) is 0 Å². The average Bonchev–Trinajstić information content (AvgIpc) is 3.65. The Hall–Kier alpha value is -6.26. The van der Waals surface area contributed by atoms with E-state index in [1.807, 2.05) is 24.3 Å². The Kier molecular flexibility index (Phi) is 7.58. The molecule has 0 saturated carbocycles. The molecule has 8 rings (SSSR count). The molecule has 0 aromatic heterocycles. The second kappa shape index (κ2) is 12.6. The number of para-hydroxylation sites is 4. The first-order chi connectivity index (χ1) is 23.3. The zero-order valence-electron chi connectivity index (χ0n) is 25.8. The first-order valence-corrected chi connectivity index (χ1v) is 15.9. The predicted molar refractivity (Wildman–Crippen MR) is 194 cm³/mol. The van der Waals surface area contributed by atoms with Crippen molar-refractivity contribution in [1.82, 2.24) is 0 Å². The second-order valence-electron chi connectivity index (χ2n) is 11.4. The average molecular weight is 605 g/mol. The van der Waals surface area contributed by atoms with Gasteiger partial charge in [-0.2, -0.15) is 0 Å². The molecule has 0 saturated heterocycles. The van der Waals surface area contributed by atoms with Gasteiger partial charge in [0.05, 0.1) is 10.7 Å². The van der Waals surface area contributed by atoms with Crippen molar-refractivity contribution in [3.05, 3.63) is 193 Å². The van der Waals surface area contributed by atoms with Gasteiger partial charge < -0.3 is 9.80 Å². The maximum Gasteiger partial charge on any atom is 0.130 e. The van der Waals surface area contributed by atoms with Gasteiger partial charge in [0.1, 0.15) is 6.67 Å². The fourth-order valence-corrected chi connectivity index (χ4v) is 6.33. The number of anilines is 6. The van der Waals surface area contributed by atoms with E-state index in [1.54, 1.807) is 0 Å². The topological polar surface area (TPSA) is 31.2 Å². The Morgan fingerprint density at radius 1 is 0.298 bits per heavy atom. The van der Waals surface area contributed by atoms with E-state index in [0.717, 1.165) is 67.1 Å². The van der Waals surface area contributed by atoms with E-state index in [2.05, 4.69) is 168 Å². The summed E-state index contributed by atoms with van der Waals surface area (Å²) in [6, 6.07) is 63.8. The summed E-state index contributed by atoms with van der Waals surface area (Å²) in [5.41, 5.74) is 11.1. The van der Waals surface area contributed by atoms with Crippen molar-refractivity contribution >= 4 is 34.1 Å². The van der Waals surface area contributed by atoms with Crippen LogP contribution in [0.4, 0.5) is 34.1 Å². The van der Waals surface area contributed by atoms with Crippen molar-refractivity contribution in [3.8, 4) is 22.3 Å². The van der Waals surface area contributed by atoms with Gasteiger partial charge in [0.25, 0.3) is 0 Å². The summed E-state index contributed by atoms with van der Waals surface area (Å²) in [4.78, 5) is 14.3. The van der Waals surface area contributed by atoms with Gasteiger partial charge in [-0.1, -0.05) is 109 Å². The quantitative estimate of drug-likeness (QED) is 0.173. The van der Waals surface area contributed by atoms with Gasteiger partial charge in [0, 0.05) is 45.3 Å². The highest BCUT2D eigenvalue weighted by molar-refractivity contribution is 5.80. The molecule has 0 atom stereocenters. The van der Waals surface area contributed by atoms with Gasteiger partial charge in [-0.25, -0.2) is 0 Å².